The molecule has 0 aliphatic carbocycles. The smallest absolute Gasteiger partial charge is 0.462 e. The first-order valence-electron chi connectivity index (χ1n) is 23.0. The molecule has 9 nitrogen and oxygen atoms in total. The fourth-order valence-electron chi connectivity index (χ4n) is 5.94. The minimum atomic E-state index is -4.38. The van der Waals surface area contributed by atoms with Crippen molar-refractivity contribution in [1.82, 2.24) is 0 Å². The second kappa shape index (κ2) is 40.1. The van der Waals surface area contributed by atoms with Gasteiger partial charge < -0.3 is 18.9 Å². The van der Waals surface area contributed by atoms with E-state index in [1.54, 1.807) is 0 Å². The number of hydrogen-bond acceptors (Lipinski definition) is 7. The van der Waals surface area contributed by atoms with E-state index in [2.05, 4.69) is 74.6 Å². The van der Waals surface area contributed by atoms with E-state index >= 15 is 0 Å². The van der Waals surface area contributed by atoms with Crippen molar-refractivity contribution in [2.45, 2.75) is 187 Å². The number of carbonyl (C=O) groups is 2. The molecule has 2 atom stereocenters. The van der Waals surface area contributed by atoms with Gasteiger partial charge in [0.25, 0.3) is 0 Å². The third kappa shape index (κ3) is 43.3. The number of esters is 2. The molecule has 0 radical (unpaired) electrons. The van der Waals surface area contributed by atoms with Crippen LogP contribution in [0.5, 0.6) is 0 Å². The van der Waals surface area contributed by atoms with Crippen LogP contribution in [-0.4, -0.2) is 74.9 Å². The monoisotopic (exact) mass is 837 g/mol. The van der Waals surface area contributed by atoms with Gasteiger partial charge in [0.15, 0.2) is 6.10 Å². The Balaban J connectivity index is 4.36. The molecule has 0 aliphatic heterocycles. The van der Waals surface area contributed by atoms with Crippen LogP contribution in [0.4, 0.5) is 0 Å². The highest BCUT2D eigenvalue weighted by molar-refractivity contribution is 7.47. The molecule has 336 valence electrons. The Morgan fingerprint density at radius 2 is 0.983 bits per heavy atom. The normalized spacial score (nSPS) is 14.1. The largest absolute Gasteiger partial charge is 0.472 e. The summed E-state index contributed by atoms with van der Waals surface area (Å²) in [7, 11) is 1.46. The summed E-state index contributed by atoms with van der Waals surface area (Å²) < 4.78 is 34.3. The van der Waals surface area contributed by atoms with Crippen LogP contribution in [-0.2, 0) is 32.7 Å². The summed E-state index contributed by atoms with van der Waals surface area (Å²) in [4.78, 5) is 35.4. The van der Waals surface area contributed by atoms with Gasteiger partial charge in [0.05, 0.1) is 27.7 Å². The molecule has 0 aromatic carbocycles. The Morgan fingerprint density at radius 3 is 1.47 bits per heavy atom. The minimum absolute atomic E-state index is 0.0257. The number of ether oxygens (including phenoxy) is 2. The maximum Gasteiger partial charge on any atom is 0.472 e. The lowest BCUT2D eigenvalue weighted by Crippen LogP contribution is -2.37. The van der Waals surface area contributed by atoms with E-state index in [0.717, 1.165) is 83.5 Å². The van der Waals surface area contributed by atoms with Crippen LogP contribution in [0.15, 0.2) is 60.8 Å². The molecule has 0 amide bonds. The van der Waals surface area contributed by atoms with Crippen LogP contribution < -0.4 is 0 Å². The van der Waals surface area contributed by atoms with Crippen LogP contribution >= 0.6 is 7.82 Å². The summed E-state index contributed by atoms with van der Waals surface area (Å²) in [6, 6.07) is 0. The van der Waals surface area contributed by atoms with Crippen molar-refractivity contribution in [1.29, 1.82) is 0 Å². The number of hydrogen-bond donors (Lipinski definition) is 1. The summed E-state index contributed by atoms with van der Waals surface area (Å²) in [5.41, 5.74) is 0. The fourth-order valence-corrected chi connectivity index (χ4v) is 6.68. The standard InChI is InChI=1S/C48H86NO8P/c1-6-8-10-12-14-16-18-20-22-24-26-28-30-32-34-36-38-40-47(50)54-44-46(45-56-58(52,53)55-43-42-49(3,4)5)57-48(51)41-39-37-35-33-31-29-27-25-23-21-19-17-15-13-11-9-7-2/h9,11,14-17,20-23,46H,6-8,10,12-13,18-19,24-45H2,1-5H3/p+1/b11-9-,16-14-,17-15-,22-20-,23-21-. The molecular weight excluding hydrogens is 750 g/mol. The number of likely N-dealkylation sites (N-methyl/N-ethyl adjacent to an activating group) is 1. The van der Waals surface area contributed by atoms with Gasteiger partial charge in [0.2, 0.25) is 0 Å². The maximum atomic E-state index is 12.7. The van der Waals surface area contributed by atoms with Crippen molar-refractivity contribution in [3.05, 3.63) is 60.8 Å². The molecule has 0 saturated heterocycles. The number of unbranched alkanes of at least 4 members (excludes halogenated alkanes) is 17. The molecule has 0 rings (SSSR count). The topological polar surface area (TPSA) is 108 Å². The van der Waals surface area contributed by atoms with Gasteiger partial charge in [-0.05, 0) is 77.0 Å². The number of nitrogens with zero attached hydrogens (tertiary/aromatic N) is 1. The Bertz CT molecular complexity index is 1170. The van der Waals surface area contributed by atoms with Gasteiger partial charge in [0, 0.05) is 12.8 Å². The molecule has 0 heterocycles. The molecule has 2 unspecified atom stereocenters. The Labute approximate surface area is 356 Å². The zero-order valence-electron chi connectivity index (χ0n) is 37.8. The summed E-state index contributed by atoms with van der Waals surface area (Å²) in [6.45, 7) is 4.26. The lowest BCUT2D eigenvalue weighted by molar-refractivity contribution is -0.870. The molecule has 0 spiro atoms. The van der Waals surface area contributed by atoms with Gasteiger partial charge in [-0.2, -0.15) is 0 Å². The molecule has 0 saturated carbocycles. The van der Waals surface area contributed by atoms with Gasteiger partial charge in [0.1, 0.15) is 19.8 Å². The summed E-state index contributed by atoms with van der Waals surface area (Å²) in [5.74, 6) is -0.821. The van der Waals surface area contributed by atoms with E-state index in [-0.39, 0.29) is 32.0 Å². The van der Waals surface area contributed by atoms with Crippen LogP contribution in [0, 0.1) is 0 Å². The third-order valence-corrected chi connectivity index (χ3v) is 10.5. The average Bonchev–Trinajstić information content (AvgIpc) is 3.17. The summed E-state index contributed by atoms with van der Waals surface area (Å²) in [5, 5.41) is 0. The van der Waals surface area contributed by atoms with Crippen LogP contribution in [0.1, 0.15) is 181 Å². The molecule has 0 aromatic heterocycles. The maximum absolute atomic E-state index is 12.7. The predicted octanol–water partition coefficient (Wildman–Crippen LogP) is 13.2. The molecule has 0 bridgehead atoms. The molecule has 0 fully saturated rings. The molecule has 0 aromatic rings. The van der Waals surface area contributed by atoms with Crippen molar-refractivity contribution in [2.24, 2.45) is 0 Å². The van der Waals surface area contributed by atoms with E-state index in [1.807, 2.05) is 21.1 Å². The predicted molar refractivity (Wildman–Crippen MR) is 243 cm³/mol. The van der Waals surface area contributed by atoms with Crippen molar-refractivity contribution < 1.29 is 42.1 Å². The summed E-state index contributed by atoms with van der Waals surface area (Å²) in [6.07, 6.45) is 48.3. The highest BCUT2D eigenvalue weighted by Crippen LogP contribution is 2.43. The van der Waals surface area contributed by atoms with Gasteiger partial charge >= 0.3 is 19.8 Å². The quantitative estimate of drug-likeness (QED) is 0.0213. The number of carbonyl (C=O) groups excluding carboxylic acids is 2. The molecule has 10 heteroatoms. The second-order valence-electron chi connectivity index (χ2n) is 16.4. The SMILES string of the molecule is CC/C=C\C/C=C\C/C=C\CCCCCCCCCC(=O)OC(COC(=O)CCCCCCCCC/C=C\C/C=C\CCCCC)COP(=O)(O)OCC[N+](C)(C)C. The second-order valence-corrected chi connectivity index (χ2v) is 17.9. The van der Waals surface area contributed by atoms with Crippen molar-refractivity contribution in [3.8, 4) is 0 Å². The first kappa shape index (κ1) is 55.7. The lowest BCUT2D eigenvalue weighted by Gasteiger charge is -2.24. The number of quaternary nitrogens is 1. The van der Waals surface area contributed by atoms with Gasteiger partial charge in [-0.15, -0.1) is 0 Å². The van der Waals surface area contributed by atoms with Crippen molar-refractivity contribution in [2.75, 3.05) is 47.5 Å². The Morgan fingerprint density at radius 1 is 0.552 bits per heavy atom. The Kier molecular flexibility index (Phi) is 38.5. The van der Waals surface area contributed by atoms with E-state index in [9.17, 15) is 19.0 Å². The molecule has 1 N–H and O–H groups in total. The fraction of sp³-hybridized carbons (Fsp3) is 0.750. The number of rotatable bonds is 41. The van der Waals surface area contributed by atoms with Gasteiger partial charge in [-0.25, -0.2) is 4.57 Å². The van der Waals surface area contributed by atoms with Gasteiger partial charge in [-0.3, -0.25) is 18.6 Å². The average molecular weight is 837 g/mol. The first-order valence-corrected chi connectivity index (χ1v) is 24.5. The van der Waals surface area contributed by atoms with Crippen molar-refractivity contribution in [3.63, 3.8) is 0 Å². The first-order chi connectivity index (χ1) is 28.0. The molecule has 58 heavy (non-hydrogen) atoms. The summed E-state index contributed by atoms with van der Waals surface area (Å²) >= 11 is 0. The number of allylic oxidation sites excluding steroid dienone is 10. The Hall–Kier alpha value is -2.29. The van der Waals surface area contributed by atoms with Crippen molar-refractivity contribution >= 4 is 19.8 Å². The van der Waals surface area contributed by atoms with Crippen LogP contribution in [0.25, 0.3) is 0 Å². The van der Waals surface area contributed by atoms with E-state index in [4.69, 9.17) is 18.5 Å². The zero-order chi connectivity index (χ0) is 42.8. The van der Waals surface area contributed by atoms with E-state index < -0.39 is 26.5 Å². The number of phosphoric ester groups is 1. The minimum Gasteiger partial charge on any atom is -0.462 e. The van der Waals surface area contributed by atoms with Gasteiger partial charge in [-0.1, -0.05) is 152 Å². The molecule has 0 aliphatic rings. The molecular formula is C48H87NO8P+. The lowest BCUT2D eigenvalue weighted by atomic mass is 10.1. The third-order valence-electron chi connectivity index (χ3n) is 9.53. The van der Waals surface area contributed by atoms with Crippen LogP contribution in [0.3, 0.4) is 0 Å². The van der Waals surface area contributed by atoms with E-state index in [0.29, 0.717) is 17.4 Å². The highest BCUT2D eigenvalue weighted by atomic mass is 31.2. The van der Waals surface area contributed by atoms with E-state index in [1.165, 1.54) is 64.2 Å². The number of phosphoric acid groups is 1. The highest BCUT2D eigenvalue weighted by Gasteiger charge is 2.27. The van der Waals surface area contributed by atoms with Crippen LogP contribution in [0.2, 0.25) is 0 Å². The zero-order valence-corrected chi connectivity index (χ0v) is 38.7.